The Kier molecular flexibility index (Phi) is 5.43. The second-order valence-electron chi connectivity index (χ2n) is 9.10. The Hall–Kier alpha value is -4.28. The number of fused-ring (bicyclic) bond motifs is 4. The first-order valence-corrected chi connectivity index (χ1v) is 11.7. The van der Waals surface area contributed by atoms with Gasteiger partial charge in [0.15, 0.2) is 0 Å². The standard InChI is InChI=1S/C26H21F3N4O4/c27-26(28,29)17-4-2-1-3-13(17)12-31-25(35)33-22-21-16-11-14(5-7-18(16)37-23(21)22)36-19-9-10-30-24-15(19)6-8-20(34)32-24/h1-5,7,9-11,21-23H,6,8,12H2,(H,30,32,34)(H2,31,33,35)/t21-,22-,23-/m0/s1. The molecule has 1 saturated carbocycles. The van der Waals surface area contributed by atoms with Crippen molar-refractivity contribution in [3.63, 3.8) is 0 Å². The first-order chi connectivity index (χ1) is 17.8. The van der Waals surface area contributed by atoms with E-state index in [1.54, 1.807) is 24.4 Å². The van der Waals surface area contributed by atoms with E-state index in [0.717, 1.165) is 17.2 Å². The minimum Gasteiger partial charge on any atom is -0.487 e. The van der Waals surface area contributed by atoms with E-state index in [-0.39, 0.29) is 36.1 Å². The van der Waals surface area contributed by atoms with E-state index < -0.39 is 17.8 Å². The second-order valence-corrected chi connectivity index (χ2v) is 9.10. The maximum absolute atomic E-state index is 13.2. The smallest absolute Gasteiger partial charge is 0.416 e. The van der Waals surface area contributed by atoms with Crippen LogP contribution in [0.4, 0.5) is 23.8 Å². The van der Waals surface area contributed by atoms with Gasteiger partial charge in [-0.2, -0.15) is 13.2 Å². The summed E-state index contributed by atoms with van der Waals surface area (Å²) in [4.78, 5) is 28.3. The molecule has 1 aromatic heterocycles. The molecule has 2 aromatic carbocycles. The van der Waals surface area contributed by atoms with Crippen molar-refractivity contribution in [1.29, 1.82) is 0 Å². The zero-order chi connectivity index (χ0) is 25.7. The zero-order valence-electron chi connectivity index (χ0n) is 19.3. The summed E-state index contributed by atoms with van der Waals surface area (Å²) < 4.78 is 51.6. The molecule has 11 heteroatoms. The molecule has 0 spiro atoms. The number of carbonyl (C=O) groups is 2. The highest BCUT2D eigenvalue weighted by Gasteiger charge is 2.59. The van der Waals surface area contributed by atoms with Gasteiger partial charge in [0.1, 0.15) is 29.2 Å². The van der Waals surface area contributed by atoms with Crippen molar-refractivity contribution >= 4 is 17.8 Å². The summed E-state index contributed by atoms with van der Waals surface area (Å²) in [6.45, 7) is -0.254. The van der Waals surface area contributed by atoms with Crippen LogP contribution in [0.3, 0.4) is 0 Å². The molecule has 0 bridgehead atoms. The molecule has 6 rings (SSSR count). The number of rotatable bonds is 5. The molecular weight excluding hydrogens is 489 g/mol. The van der Waals surface area contributed by atoms with Crippen LogP contribution in [0.1, 0.15) is 34.6 Å². The molecule has 37 heavy (non-hydrogen) atoms. The van der Waals surface area contributed by atoms with Crippen LogP contribution in [0, 0.1) is 0 Å². The van der Waals surface area contributed by atoms with Gasteiger partial charge in [0, 0.05) is 30.3 Å². The third kappa shape index (κ3) is 4.41. The molecule has 3 atom stereocenters. The van der Waals surface area contributed by atoms with E-state index in [4.69, 9.17) is 9.47 Å². The van der Waals surface area contributed by atoms with Crippen LogP contribution in [-0.4, -0.2) is 29.1 Å². The molecule has 0 unspecified atom stereocenters. The molecule has 3 amide bonds. The van der Waals surface area contributed by atoms with E-state index >= 15 is 0 Å². The van der Waals surface area contributed by atoms with Crippen molar-refractivity contribution in [3.8, 4) is 17.2 Å². The molecule has 3 aliphatic rings. The normalized spacial score (nSPS) is 21.1. The number of urea groups is 1. The number of nitrogens with zero attached hydrogens (tertiary/aromatic N) is 1. The lowest BCUT2D eigenvalue weighted by molar-refractivity contribution is -0.138. The number of carbonyl (C=O) groups excluding carboxylic acids is 2. The van der Waals surface area contributed by atoms with Crippen LogP contribution >= 0.6 is 0 Å². The van der Waals surface area contributed by atoms with Crippen molar-refractivity contribution in [2.45, 2.75) is 43.6 Å². The van der Waals surface area contributed by atoms with Crippen LogP contribution < -0.4 is 25.4 Å². The van der Waals surface area contributed by atoms with E-state index in [1.807, 2.05) is 6.07 Å². The number of halogens is 3. The highest BCUT2D eigenvalue weighted by molar-refractivity contribution is 5.93. The Balaban J connectivity index is 1.10. The number of nitrogens with one attached hydrogen (secondary N) is 3. The molecule has 0 radical (unpaired) electrons. The Morgan fingerprint density at radius 1 is 1.16 bits per heavy atom. The third-order valence-electron chi connectivity index (χ3n) is 6.72. The first kappa shape index (κ1) is 23.1. The number of amides is 3. The summed E-state index contributed by atoms with van der Waals surface area (Å²) in [6, 6.07) is 11.4. The number of ether oxygens (including phenoxy) is 2. The summed E-state index contributed by atoms with van der Waals surface area (Å²) in [5.74, 6) is 2.20. The average molecular weight is 510 g/mol. The van der Waals surface area contributed by atoms with Crippen LogP contribution in [0.15, 0.2) is 54.7 Å². The van der Waals surface area contributed by atoms with Crippen LogP contribution in [0.25, 0.3) is 0 Å². The summed E-state index contributed by atoms with van der Waals surface area (Å²) >= 11 is 0. The Bertz CT molecular complexity index is 1410. The van der Waals surface area contributed by atoms with Gasteiger partial charge in [-0.1, -0.05) is 18.2 Å². The van der Waals surface area contributed by atoms with Gasteiger partial charge in [-0.3, -0.25) is 4.79 Å². The van der Waals surface area contributed by atoms with Gasteiger partial charge < -0.3 is 25.4 Å². The summed E-state index contributed by atoms with van der Waals surface area (Å²) in [6.07, 6.45) is -2.30. The summed E-state index contributed by atoms with van der Waals surface area (Å²) in [7, 11) is 0. The molecule has 2 aliphatic heterocycles. The summed E-state index contributed by atoms with van der Waals surface area (Å²) in [5.41, 5.74) is 0.918. The van der Waals surface area contributed by atoms with Gasteiger partial charge in [0.2, 0.25) is 5.91 Å². The summed E-state index contributed by atoms with van der Waals surface area (Å²) in [5, 5.41) is 8.04. The number of alkyl halides is 3. The van der Waals surface area contributed by atoms with E-state index in [2.05, 4.69) is 20.9 Å². The zero-order valence-corrected chi connectivity index (χ0v) is 19.3. The van der Waals surface area contributed by atoms with Gasteiger partial charge in [-0.15, -0.1) is 0 Å². The van der Waals surface area contributed by atoms with Crippen molar-refractivity contribution in [1.82, 2.24) is 15.6 Å². The molecule has 1 aliphatic carbocycles. The largest absolute Gasteiger partial charge is 0.487 e. The van der Waals surface area contributed by atoms with Gasteiger partial charge in [-0.05, 0) is 42.3 Å². The number of anilines is 1. The molecule has 3 aromatic rings. The molecule has 1 fully saturated rings. The highest BCUT2D eigenvalue weighted by Crippen LogP contribution is 2.54. The topological polar surface area (TPSA) is 102 Å². The molecule has 8 nitrogen and oxygen atoms in total. The van der Waals surface area contributed by atoms with Crippen molar-refractivity contribution in [2.75, 3.05) is 5.32 Å². The van der Waals surface area contributed by atoms with Gasteiger partial charge in [0.25, 0.3) is 0 Å². The Morgan fingerprint density at radius 2 is 2.00 bits per heavy atom. The molecular formula is C26H21F3N4O4. The maximum Gasteiger partial charge on any atom is 0.416 e. The van der Waals surface area contributed by atoms with Crippen molar-refractivity contribution in [2.24, 2.45) is 0 Å². The van der Waals surface area contributed by atoms with Gasteiger partial charge >= 0.3 is 12.2 Å². The van der Waals surface area contributed by atoms with Crippen LogP contribution in [0.2, 0.25) is 0 Å². The lowest BCUT2D eigenvalue weighted by Gasteiger charge is -2.19. The maximum atomic E-state index is 13.2. The van der Waals surface area contributed by atoms with Gasteiger partial charge in [-0.25, -0.2) is 9.78 Å². The lowest BCUT2D eigenvalue weighted by atomic mass is 10.1. The third-order valence-corrected chi connectivity index (χ3v) is 6.72. The number of pyridine rings is 1. The second kappa shape index (κ2) is 8.68. The Labute approximate surface area is 209 Å². The molecule has 3 heterocycles. The van der Waals surface area contributed by atoms with E-state index in [0.29, 0.717) is 35.9 Å². The number of aromatic nitrogens is 1. The fourth-order valence-corrected chi connectivity index (χ4v) is 4.89. The molecule has 3 N–H and O–H groups in total. The minimum absolute atomic E-state index is 0.0117. The van der Waals surface area contributed by atoms with Gasteiger partial charge in [0.05, 0.1) is 17.5 Å². The number of hydrogen-bond acceptors (Lipinski definition) is 5. The Morgan fingerprint density at radius 3 is 2.84 bits per heavy atom. The predicted molar refractivity (Wildman–Crippen MR) is 125 cm³/mol. The number of benzene rings is 2. The monoisotopic (exact) mass is 510 g/mol. The van der Waals surface area contributed by atoms with Crippen molar-refractivity contribution in [3.05, 3.63) is 77.0 Å². The quantitative estimate of drug-likeness (QED) is 0.469. The van der Waals surface area contributed by atoms with E-state index in [1.165, 1.54) is 18.2 Å². The highest BCUT2D eigenvalue weighted by atomic mass is 19.4. The van der Waals surface area contributed by atoms with Crippen LogP contribution in [-0.2, 0) is 23.9 Å². The fraction of sp³-hybridized carbons (Fsp3) is 0.269. The van der Waals surface area contributed by atoms with Crippen molar-refractivity contribution < 1.29 is 32.2 Å². The van der Waals surface area contributed by atoms with E-state index in [9.17, 15) is 22.8 Å². The minimum atomic E-state index is -4.50. The SMILES string of the molecule is O=C1CCc2c(Oc3ccc4c(c3)[C@H]3[C@H](NC(=O)NCc5ccccc5C(F)(F)F)[C@H]3O4)ccnc2N1. The van der Waals surface area contributed by atoms with Crippen LogP contribution in [0.5, 0.6) is 17.2 Å². The molecule has 0 saturated heterocycles. The predicted octanol–water partition coefficient (Wildman–Crippen LogP) is 4.50. The average Bonchev–Trinajstić information content (AvgIpc) is 3.38. The fourth-order valence-electron chi connectivity index (χ4n) is 4.89. The lowest BCUT2D eigenvalue weighted by Crippen LogP contribution is -2.39. The molecule has 190 valence electrons. The first-order valence-electron chi connectivity index (χ1n) is 11.7. The number of hydrogen-bond donors (Lipinski definition) is 3.